The minimum Gasteiger partial charge on any atom is -0.444 e. The fourth-order valence-electron chi connectivity index (χ4n) is 2.54. The van der Waals surface area contributed by atoms with Crippen LogP contribution in [0.3, 0.4) is 0 Å². The third kappa shape index (κ3) is 3.02. The standard InChI is InChI=1S/C12H21NO5S/c1-8-9-5-6-13(11(14)17-12(2,3)4)10(7-9)19(15,16)18-8/h8-10H,5-7H2,1-4H3. The summed E-state index contributed by atoms with van der Waals surface area (Å²) in [5.41, 5.74) is -0.638. The van der Waals surface area contributed by atoms with Crippen LogP contribution in [-0.2, 0) is 19.0 Å². The van der Waals surface area contributed by atoms with E-state index < -0.39 is 27.2 Å². The van der Waals surface area contributed by atoms with Crippen LogP contribution >= 0.6 is 0 Å². The third-order valence-electron chi connectivity index (χ3n) is 3.50. The van der Waals surface area contributed by atoms with E-state index in [0.29, 0.717) is 13.0 Å². The summed E-state index contributed by atoms with van der Waals surface area (Å²) >= 11 is 0. The predicted molar refractivity (Wildman–Crippen MR) is 68.9 cm³/mol. The molecule has 2 saturated heterocycles. The monoisotopic (exact) mass is 291 g/mol. The molecular weight excluding hydrogens is 270 g/mol. The van der Waals surface area contributed by atoms with E-state index in [9.17, 15) is 13.2 Å². The molecule has 2 aliphatic heterocycles. The molecule has 0 aromatic heterocycles. The molecule has 0 spiro atoms. The molecule has 2 fully saturated rings. The van der Waals surface area contributed by atoms with Gasteiger partial charge in [-0.1, -0.05) is 0 Å². The second-order valence-electron chi connectivity index (χ2n) is 6.21. The molecule has 0 aliphatic carbocycles. The van der Waals surface area contributed by atoms with E-state index in [4.69, 9.17) is 8.92 Å². The minimum absolute atomic E-state index is 0.187. The molecule has 19 heavy (non-hydrogen) atoms. The molecule has 0 radical (unpaired) electrons. The summed E-state index contributed by atoms with van der Waals surface area (Å²) in [6.45, 7) is 7.43. The van der Waals surface area contributed by atoms with Gasteiger partial charge in [-0.15, -0.1) is 0 Å². The van der Waals surface area contributed by atoms with Crippen LogP contribution in [0.1, 0.15) is 40.5 Å². The first-order valence-corrected chi connectivity index (χ1v) is 7.99. The van der Waals surface area contributed by atoms with E-state index in [2.05, 4.69) is 0 Å². The van der Waals surface area contributed by atoms with Crippen LogP contribution < -0.4 is 0 Å². The highest BCUT2D eigenvalue weighted by atomic mass is 32.2. The summed E-state index contributed by atoms with van der Waals surface area (Å²) in [5.74, 6) is 0.187. The van der Waals surface area contributed by atoms with Gasteiger partial charge in [-0.3, -0.25) is 9.08 Å². The zero-order valence-electron chi connectivity index (χ0n) is 11.8. The molecule has 0 N–H and O–H groups in total. The molecule has 0 saturated carbocycles. The molecule has 2 heterocycles. The molecule has 1 amide bonds. The lowest BCUT2D eigenvalue weighted by Gasteiger charge is -2.44. The molecule has 3 atom stereocenters. The summed E-state index contributed by atoms with van der Waals surface area (Å²) in [4.78, 5) is 13.3. The van der Waals surface area contributed by atoms with Crippen molar-refractivity contribution in [2.24, 2.45) is 5.92 Å². The number of hydrogen-bond acceptors (Lipinski definition) is 5. The molecule has 3 unspecified atom stereocenters. The van der Waals surface area contributed by atoms with Crippen LogP contribution in [0.4, 0.5) is 4.79 Å². The van der Waals surface area contributed by atoms with Gasteiger partial charge in [-0.25, -0.2) is 4.79 Å². The summed E-state index contributed by atoms with van der Waals surface area (Å²) < 4.78 is 34.4. The summed E-state index contributed by atoms with van der Waals surface area (Å²) in [6.07, 6.45) is 0.287. The predicted octanol–water partition coefficient (Wildman–Crippen LogP) is 1.71. The average Bonchev–Trinajstić information content (AvgIpc) is 2.23. The molecule has 0 aromatic rings. The molecule has 2 rings (SSSR count). The molecule has 110 valence electrons. The quantitative estimate of drug-likeness (QED) is 0.635. The van der Waals surface area contributed by atoms with Crippen LogP contribution in [0.15, 0.2) is 0 Å². The Morgan fingerprint density at radius 3 is 2.58 bits per heavy atom. The Bertz CT molecular complexity index is 467. The number of amides is 1. The first-order valence-electron chi connectivity index (χ1n) is 6.52. The van der Waals surface area contributed by atoms with Gasteiger partial charge in [-0.2, -0.15) is 8.42 Å². The first kappa shape index (κ1) is 14.6. The Balaban J connectivity index is 2.18. The molecule has 2 bridgehead atoms. The van der Waals surface area contributed by atoms with Crippen molar-refractivity contribution in [2.45, 2.75) is 57.6 Å². The maximum absolute atomic E-state index is 12.1. The largest absolute Gasteiger partial charge is 0.444 e. The van der Waals surface area contributed by atoms with Gasteiger partial charge in [0, 0.05) is 6.54 Å². The highest BCUT2D eigenvalue weighted by molar-refractivity contribution is 7.87. The number of ether oxygens (including phenoxy) is 1. The van der Waals surface area contributed by atoms with E-state index in [0.717, 1.165) is 6.42 Å². The van der Waals surface area contributed by atoms with Gasteiger partial charge in [0.2, 0.25) is 0 Å². The van der Waals surface area contributed by atoms with Gasteiger partial charge < -0.3 is 4.74 Å². The van der Waals surface area contributed by atoms with Crippen molar-refractivity contribution in [3.05, 3.63) is 0 Å². The van der Waals surface area contributed by atoms with Gasteiger partial charge in [0.15, 0.2) is 5.37 Å². The molecule has 6 nitrogen and oxygen atoms in total. The maximum Gasteiger partial charge on any atom is 0.411 e. The molecule has 7 heteroatoms. The number of piperidine rings is 1. The van der Waals surface area contributed by atoms with Crippen LogP contribution in [0, 0.1) is 5.92 Å². The zero-order chi connectivity index (χ0) is 14.4. The Morgan fingerprint density at radius 1 is 1.37 bits per heavy atom. The average molecular weight is 291 g/mol. The minimum atomic E-state index is -3.73. The van der Waals surface area contributed by atoms with Crippen molar-refractivity contribution in [3.63, 3.8) is 0 Å². The van der Waals surface area contributed by atoms with Crippen LogP contribution in [0.2, 0.25) is 0 Å². The lowest BCUT2D eigenvalue weighted by atomic mass is 9.92. The zero-order valence-corrected chi connectivity index (χ0v) is 12.6. The van der Waals surface area contributed by atoms with Crippen LogP contribution in [0.5, 0.6) is 0 Å². The first-order chi connectivity index (χ1) is 8.60. The van der Waals surface area contributed by atoms with E-state index in [1.165, 1.54) is 4.90 Å². The van der Waals surface area contributed by atoms with Gasteiger partial charge in [0.1, 0.15) is 5.60 Å². The van der Waals surface area contributed by atoms with Crippen molar-refractivity contribution in [1.29, 1.82) is 0 Å². The SMILES string of the molecule is CC1OS(=O)(=O)C2CC1CCN2C(=O)OC(C)(C)C. The van der Waals surface area contributed by atoms with Gasteiger partial charge in [-0.05, 0) is 46.5 Å². The third-order valence-corrected chi connectivity index (χ3v) is 5.19. The molecule has 0 aromatic carbocycles. The van der Waals surface area contributed by atoms with E-state index in [1.54, 1.807) is 27.7 Å². The van der Waals surface area contributed by atoms with Gasteiger partial charge in [0.25, 0.3) is 10.1 Å². The molecular formula is C12H21NO5S. The highest BCUT2D eigenvalue weighted by Gasteiger charge is 2.48. The normalized spacial score (nSPS) is 33.9. The van der Waals surface area contributed by atoms with Crippen molar-refractivity contribution >= 4 is 16.2 Å². The summed E-state index contributed by atoms with van der Waals surface area (Å²) in [6, 6.07) is 0. The number of hydrogen-bond donors (Lipinski definition) is 0. The number of carbonyl (C=O) groups excluding carboxylic acids is 1. The van der Waals surface area contributed by atoms with Crippen molar-refractivity contribution in [2.75, 3.05) is 6.54 Å². The molecule has 2 aliphatic rings. The number of carbonyl (C=O) groups is 1. The number of rotatable bonds is 0. The topological polar surface area (TPSA) is 72.9 Å². The van der Waals surface area contributed by atoms with E-state index in [1.807, 2.05) is 0 Å². The number of nitrogens with zero attached hydrogens (tertiary/aromatic N) is 1. The van der Waals surface area contributed by atoms with Gasteiger partial charge >= 0.3 is 6.09 Å². The fraction of sp³-hybridized carbons (Fsp3) is 0.917. The Morgan fingerprint density at radius 2 is 2.00 bits per heavy atom. The Labute approximate surface area is 114 Å². The lowest BCUT2D eigenvalue weighted by Crippen LogP contribution is -2.56. The number of likely N-dealkylation sites (tertiary alicyclic amines) is 1. The van der Waals surface area contributed by atoms with Crippen LogP contribution in [0.25, 0.3) is 0 Å². The fourth-order valence-corrected chi connectivity index (χ4v) is 4.23. The van der Waals surface area contributed by atoms with Crippen molar-refractivity contribution < 1.29 is 22.1 Å². The Hall–Kier alpha value is -0.820. The van der Waals surface area contributed by atoms with E-state index in [-0.39, 0.29) is 12.0 Å². The second-order valence-corrected chi connectivity index (χ2v) is 7.93. The van der Waals surface area contributed by atoms with Crippen molar-refractivity contribution in [3.8, 4) is 0 Å². The Kier molecular flexibility index (Phi) is 3.55. The summed E-state index contributed by atoms with van der Waals surface area (Å²) in [7, 11) is -3.73. The maximum atomic E-state index is 12.1. The lowest BCUT2D eigenvalue weighted by molar-refractivity contribution is -0.00490. The van der Waals surface area contributed by atoms with Crippen LogP contribution in [-0.4, -0.2) is 43.0 Å². The highest BCUT2D eigenvalue weighted by Crippen LogP contribution is 2.36. The van der Waals surface area contributed by atoms with Gasteiger partial charge in [0.05, 0.1) is 6.10 Å². The second kappa shape index (κ2) is 4.63. The number of fused-ring (bicyclic) bond motifs is 2. The van der Waals surface area contributed by atoms with Crippen molar-refractivity contribution in [1.82, 2.24) is 4.90 Å². The smallest absolute Gasteiger partial charge is 0.411 e. The summed E-state index contributed by atoms with van der Waals surface area (Å²) in [5, 5.41) is -0.905. The van der Waals surface area contributed by atoms with E-state index >= 15 is 0 Å².